The van der Waals surface area contributed by atoms with E-state index in [0.29, 0.717) is 5.56 Å². The van der Waals surface area contributed by atoms with Crippen LogP contribution in [0.1, 0.15) is 15.9 Å². The molecule has 4 heteroatoms. The molecule has 2 rings (SSSR count). The second kappa shape index (κ2) is 3.06. The third kappa shape index (κ3) is 1.21. The number of hydrogen-bond acceptors (Lipinski definition) is 3. The number of fused-ring (bicyclic) bond motifs is 1. The highest BCUT2D eigenvalue weighted by atomic mass is 16.4. The number of hydrogen-bond donors (Lipinski definition) is 1. The zero-order valence-electron chi connectivity index (χ0n) is 7.56. The van der Waals surface area contributed by atoms with Gasteiger partial charge in [0.1, 0.15) is 0 Å². The number of nitrogens with zero attached hydrogens (tertiary/aromatic N) is 2. The summed E-state index contributed by atoms with van der Waals surface area (Å²) in [7, 11) is 0. The van der Waals surface area contributed by atoms with Crippen LogP contribution in [0.4, 0.5) is 0 Å². The zero-order valence-corrected chi connectivity index (χ0v) is 7.56. The number of carboxylic acids is 1. The van der Waals surface area contributed by atoms with Crippen molar-refractivity contribution >= 4 is 16.9 Å². The monoisotopic (exact) mass is 188 g/mol. The molecule has 2 heterocycles. The Hall–Kier alpha value is -1.97. The number of aryl methyl sites for hydroxylation is 1. The summed E-state index contributed by atoms with van der Waals surface area (Å²) in [6, 6.07) is 1.76. The second-order valence-corrected chi connectivity index (χ2v) is 2.99. The van der Waals surface area contributed by atoms with E-state index in [-0.39, 0.29) is 5.56 Å². The van der Waals surface area contributed by atoms with Crippen molar-refractivity contribution in [1.82, 2.24) is 9.97 Å². The third-order valence-electron chi connectivity index (χ3n) is 2.17. The van der Waals surface area contributed by atoms with E-state index in [1.807, 2.05) is 0 Å². The molecule has 0 saturated heterocycles. The number of pyridine rings is 2. The third-order valence-corrected chi connectivity index (χ3v) is 2.17. The van der Waals surface area contributed by atoms with Gasteiger partial charge in [-0.25, -0.2) is 4.79 Å². The van der Waals surface area contributed by atoms with Crippen molar-refractivity contribution in [2.45, 2.75) is 6.92 Å². The molecule has 0 amide bonds. The van der Waals surface area contributed by atoms with Crippen LogP contribution in [0.2, 0.25) is 0 Å². The van der Waals surface area contributed by atoms with Crippen LogP contribution in [0.3, 0.4) is 0 Å². The van der Waals surface area contributed by atoms with Crippen LogP contribution in [-0.4, -0.2) is 21.0 Å². The Kier molecular flexibility index (Phi) is 1.89. The van der Waals surface area contributed by atoms with E-state index >= 15 is 0 Å². The fraction of sp³-hybridized carbons (Fsp3) is 0.100. The average Bonchev–Trinajstić information content (AvgIpc) is 2.18. The highest BCUT2D eigenvalue weighted by Gasteiger charge is 2.10. The number of aromatic carboxylic acids is 1. The van der Waals surface area contributed by atoms with Crippen LogP contribution in [0.15, 0.2) is 24.7 Å². The molecule has 0 radical (unpaired) electrons. The summed E-state index contributed by atoms with van der Waals surface area (Å²) < 4.78 is 0. The maximum Gasteiger partial charge on any atom is 0.337 e. The van der Waals surface area contributed by atoms with E-state index in [1.165, 1.54) is 6.20 Å². The lowest BCUT2D eigenvalue weighted by Gasteiger charge is -2.03. The van der Waals surface area contributed by atoms with Gasteiger partial charge in [-0.2, -0.15) is 0 Å². The van der Waals surface area contributed by atoms with Gasteiger partial charge < -0.3 is 5.11 Å². The molecule has 0 saturated carbocycles. The maximum absolute atomic E-state index is 10.8. The molecule has 2 aromatic rings. The summed E-state index contributed by atoms with van der Waals surface area (Å²) in [6.07, 6.45) is 4.64. The lowest BCUT2D eigenvalue weighted by molar-refractivity contribution is 0.0696. The van der Waals surface area contributed by atoms with Gasteiger partial charge in [0.25, 0.3) is 0 Å². The highest BCUT2D eigenvalue weighted by Crippen LogP contribution is 2.17. The van der Waals surface area contributed by atoms with Gasteiger partial charge in [0, 0.05) is 24.0 Å². The van der Waals surface area contributed by atoms with Gasteiger partial charge in [-0.1, -0.05) is 0 Å². The van der Waals surface area contributed by atoms with Gasteiger partial charge in [0.2, 0.25) is 0 Å². The molecule has 1 N–H and O–H groups in total. The van der Waals surface area contributed by atoms with Crippen molar-refractivity contribution in [3.05, 3.63) is 35.8 Å². The number of carboxylic acid groups (broad SMARTS) is 1. The summed E-state index contributed by atoms with van der Waals surface area (Å²) in [5.74, 6) is -0.958. The van der Waals surface area contributed by atoms with Crippen molar-refractivity contribution in [3.63, 3.8) is 0 Å². The van der Waals surface area contributed by atoms with Crippen molar-refractivity contribution < 1.29 is 9.90 Å². The Labute approximate surface area is 80.2 Å². The Balaban J connectivity index is 2.81. The molecule has 70 valence electrons. The quantitative estimate of drug-likeness (QED) is 0.738. The topological polar surface area (TPSA) is 63.1 Å². The SMILES string of the molecule is Cc1c(C(=O)O)cnc2ccncc12. The van der Waals surface area contributed by atoms with E-state index in [4.69, 9.17) is 5.11 Å². The van der Waals surface area contributed by atoms with Crippen LogP contribution >= 0.6 is 0 Å². The van der Waals surface area contributed by atoms with Crippen LogP contribution in [0, 0.1) is 6.92 Å². The van der Waals surface area contributed by atoms with Gasteiger partial charge in [-0.3, -0.25) is 9.97 Å². The molecule has 0 fully saturated rings. The predicted octanol–water partition coefficient (Wildman–Crippen LogP) is 1.64. The lowest BCUT2D eigenvalue weighted by Crippen LogP contribution is -2.01. The van der Waals surface area contributed by atoms with Gasteiger partial charge >= 0.3 is 5.97 Å². The zero-order chi connectivity index (χ0) is 10.1. The smallest absolute Gasteiger partial charge is 0.337 e. The van der Waals surface area contributed by atoms with Crippen molar-refractivity contribution in [2.75, 3.05) is 0 Å². The number of rotatable bonds is 1. The first-order chi connectivity index (χ1) is 6.70. The summed E-state index contributed by atoms with van der Waals surface area (Å²) in [5, 5.41) is 9.65. The Morgan fingerprint density at radius 2 is 2.21 bits per heavy atom. The van der Waals surface area contributed by atoms with Gasteiger partial charge in [-0.15, -0.1) is 0 Å². The molecule has 14 heavy (non-hydrogen) atoms. The Morgan fingerprint density at radius 1 is 1.43 bits per heavy atom. The first-order valence-electron chi connectivity index (χ1n) is 4.13. The van der Waals surface area contributed by atoms with Crippen molar-refractivity contribution in [2.24, 2.45) is 0 Å². The highest BCUT2D eigenvalue weighted by molar-refractivity contribution is 5.95. The Morgan fingerprint density at radius 3 is 2.93 bits per heavy atom. The van der Waals surface area contributed by atoms with E-state index < -0.39 is 5.97 Å². The summed E-state index contributed by atoms with van der Waals surface area (Å²) in [4.78, 5) is 18.8. The molecular formula is C10H8N2O2. The van der Waals surface area contributed by atoms with Crippen LogP contribution < -0.4 is 0 Å². The van der Waals surface area contributed by atoms with E-state index in [0.717, 1.165) is 10.9 Å². The van der Waals surface area contributed by atoms with Crippen LogP contribution in [-0.2, 0) is 0 Å². The standard InChI is InChI=1S/C10H8N2O2/c1-6-7-4-11-3-2-9(7)12-5-8(6)10(13)14/h2-5H,1H3,(H,13,14). The van der Waals surface area contributed by atoms with Crippen LogP contribution in [0.25, 0.3) is 10.9 Å². The molecule has 0 aromatic carbocycles. The van der Waals surface area contributed by atoms with Crippen molar-refractivity contribution in [1.29, 1.82) is 0 Å². The second-order valence-electron chi connectivity index (χ2n) is 2.99. The van der Waals surface area contributed by atoms with Gasteiger partial charge in [0.15, 0.2) is 0 Å². The minimum Gasteiger partial charge on any atom is -0.478 e. The lowest BCUT2D eigenvalue weighted by atomic mass is 10.1. The number of carbonyl (C=O) groups is 1. The van der Waals surface area contributed by atoms with Gasteiger partial charge in [0.05, 0.1) is 11.1 Å². The Bertz CT molecular complexity index is 508. The van der Waals surface area contributed by atoms with E-state index in [9.17, 15) is 4.79 Å². The average molecular weight is 188 g/mol. The minimum absolute atomic E-state index is 0.227. The molecule has 0 aliphatic heterocycles. The van der Waals surface area contributed by atoms with E-state index in [2.05, 4.69) is 9.97 Å². The number of aromatic nitrogens is 2. The fourth-order valence-corrected chi connectivity index (χ4v) is 1.38. The normalized spacial score (nSPS) is 10.4. The van der Waals surface area contributed by atoms with Gasteiger partial charge in [-0.05, 0) is 18.6 Å². The molecule has 0 unspecified atom stereocenters. The largest absolute Gasteiger partial charge is 0.478 e. The first-order valence-corrected chi connectivity index (χ1v) is 4.13. The van der Waals surface area contributed by atoms with E-state index in [1.54, 1.807) is 25.4 Å². The maximum atomic E-state index is 10.8. The molecule has 2 aromatic heterocycles. The molecule has 0 spiro atoms. The predicted molar refractivity (Wildman–Crippen MR) is 51.2 cm³/mol. The molecular weight excluding hydrogens is 180 g/mol. The van der Waals surface area contributed by atoms with Crippen LogP contribution in [0.5, 0.6) is 0 Å². The first kappa shape index (κ1) is 8.62. The van der Waals surface area contributed by atoms with Crippen molar-refractivity contribution in [3.8, 4) is 0 Å². The fourth-order valence-electron chi connectivity index (χ4n) is 1.38. The summed E-state index contributed by atoms with van der Waals surface area (Å²) >= 11 is 0. The minimum atomic E-state index is -0.958. The molecule has 4 nitrogen and oxygen atoms in total. The summed E-state index contributed by atoms with van der Waals surface area (Å²) in [6.45, 7) is 1.76. The molecule has 0 aliphatic rings. The summed E-state index contributed by atoms with van der Waals surface area (Å²) in [5.41, 5.74) is 1.70. The molecule has 0 bridgehead atoms. The molecule has 0 atom stereocenters. The molecule has 0 aliphatic carbocycles.